The van der Waals surface area contributed by atoms with Gasteiger partial charge in [0.25, 0.3) is 0 Å². The Morgan fingerprint density at radius 3 is 2.46 bits per heavy atom. The lowest BCUT2D eigenvalue weighted by Gasteiger charge is -2.19. The number of alkyl halides is 1. The van der Waals surface area contributed by atoms with Gasteiger partial charge in [0.05, 0.1) is 0 Å². The molecule has 0 radical (unpaired) electrons. The summed E-state index contributed by atoms with van der Waals surface area (Å²) < 4.78 is 0. The summed E-state index contributed by atoms with van der Waals surface area (Å²) in [6.45, 7) is 9.73. The fraction of sp³-hybridized carbons (Fsp3) is 0.818. The number of rotatable bonds is 7. The molecule has 0 aliphatic rings. The lowest BCUT2D eigenvalue weighted by atomic mass is 10.3. The molecular formula is C11H22ClN. The number of hydrogen-bond donors (Lipinski definition) is 0. The van der Waals surface area contributed by atoms with E-state index in [2.05, 4.69) is 31.7 Å². The average molecular weight is 204 g/mol. The van der Waals surface area contributed by atoms with Crippen LogP contribution in [0, 0.1) is 0 Å². The molecule has 0 fully saturated rings. The third kappa shape index (κ3) is 8.32. The molecular weight excluding hydrogens is 182 g/mol. The Kier molecular flexibility index (Phi) is 8.58. The number of nitrogens with zero attached hydrogens (tertiary/aromatic N) is 1. The minimum absolute atomic E-state index is 0.736. The molecule has 0 spiro atoms. The van der Waals surface area contributed by atoms with Crippen molar-refractivity contribution in [1.82, 2.24) is 4.90 Å². The quantitative estimate of drug-likeness (QED) is 0.454. The maximum Gasteiger partial charge on any atom is 0.0351 e. The van der Waals surface area contributed by atoms with Crippen LogP contribution in [0.5, 0.6) is 0 Å². The molecule has 0 atom stereocenters. The number of hydrogen-bond acceptors (Lipinski definition) is 1. The Hall–Kier alpha value is -0.0100. The maximum absolute atomic E-state index is 5.73. The first-order chi connectivity index (χ1) is 6.20. The van der Waals surface area contributed by atoms with Crippen molar-refractivity contribution in [3.63, 3.8) is 0 Å². The molecule has 2 heteroatoms. The van der Waals surface area contributed by atoms with E-state index < -0.39 is 0 Å². The molecule has 13 heavy (non-hydrogen) atoms. The summed E-state index contributed by atoms with van der Waals surface area (Å²) in [5.41, 5.74) is 1.39. The number of unbranched alkanes of at least 4 members (excludes halogenated alkanes) is 1. The van der Waals surface area contributed by atoms with Crippen LogP contribution in [-0.2, 0) is 0 Å². The van der Waals surface area contributed by atoms with Crippen LogP contribution in [0.1, 0.15) is 33.6 Å². The lowest BCUT2D eigenvalue weighted by molar-refractivity contribution is 0.314. The molecule has 0 aromatic heterocycles. The van der Waals surface area contributed by atoms with Crippen LogP contribution >= 0.6 is 11.6 Å². The highest BCUT2D eigenvalue weighted by Gasteiger charge is 2.00. The van der Waals surface area contributed by atoms with Crippen LogP contribution in [0.3, 0.4) is 0 Å². The second-order valence-corrected chi connectivity index (χ2v) is 4.00. The standard InChI is InChI=1S/C11H22ClN/c1-4-5-8-13(10-7-12)9-6-11(2)3/h6H,4-5,7-10H2,1-3H3. The van der Waals surface area contributed by atoms with Gasteiger partial charge in [-0.05, 0) is 26.8 Å². The normalized spacial score (nSPS) is 10.5. The van der Waals surface area contributed by atoms with Crippen molar-refractivity contribution in [1.29, 1.82) is 0 Å². The van der Waals surface area contributed by atoms with Gasteiger partial charge in [0.2, 0.25) is 0 Å². The molecule has 0 saturated carbocycles. The molecule has 1 nitrogen and oxygen atoms in total. The first-order valence-corrected chi connectivity index (χ1v) is 5.65. The van der Waals surface area contributed by atoms with Crippen LogP contribution in [-0.4, -0.2) is 30.4 Å². The van der Waals surface area contributed by atoms with E-state index in [1.807, 2.05) is 0 Å². The van der Waals surface area contributed by atoms with E-state index in [-0.39, 0.29) is 0 Å². The fourth-order valence-electron chi connectivity index (χ4n) is 1.11. The Morgan fingerprint density at radius 1 is 1.31 bits per heavy atom. The summed E-state index contributed by atoms with van der Waals surface area (Å²) in [7, 11) is 0. The first-order valence-electron chi connectivity index (χ1n) is 5.12. The van der Waals surface area contributed by atoms with Crippen molar-refractivity contribution in [2.24, 2.45) is 0 Å². The Bertz CT molecular complexity index is 139. The Labute approximate surface area is 87.8 Å². The van der Waals surface area contributed by atoms with Crippen LogP contribution < -0.4 is 0 Å². The van der Waals surface area contributed by atoms with E-state index in [1.165, 1.54) is 25.0 Å². The third-order valence-corrected chi connectivity index (χ3v) is 2.16. The highest BCUT2D eigenvalue weighted by Crippen LogP contribution is 1.98. The predicted octanol–water partition coefficient (Wildman–Crippen LogP) is 3.29. The predicted molar refractivity (Wildman–Crippen MR) is 61.5 cm³/mol. The second-order valence-electron chi connectivity index (χ2n) is 3.62. The molecule has 78 valence electrons. The molecule has 0 saturated heterocycles. The number of halogens is 1. The first kappa shape index (κ1) is 13.0. The van der Waals surface area contributed by atoms with Crippen molar-refractivity contribution in [2.75, 3.05) is 25.5 Å². The van der Waals surface area contributed by atoms with Gasteiger partial charge in [-0.1, -0.05) is 25.0 Å². The zero-order chi connectivity index (χ0) is 10.1. The van der Waals surface area contributed by atoms with Crippen molar-refractivity contribution in [3.05, 3.63) is 11.6 Å². The van der Waals surface area contributed by atoms with Gasteiger partial charge < -0.3 is 0 Å². The average Bonchev–Trinajstić information content (AvgIpc) is 2.09. The molecule has 0 heterocycles. The van der Waals surface area contributed by atoms with E-state index in [1.54, 1.807) is 0 Å². The van der Waals surface area contributed by atoms with Crippen LogP contribution in [0.2, 0.25) is 0 Å². The molecule has 0 amide bonds. The monoisotopic (exact) mass is 203 g/mol. The lowest BCUT2D eigenvalue weighted by Crippen LogP contribution is -2.27. The molecule has 0 bridgehead atoms. The zero-order valence-electron chi connectivity index (χ0n) is 9.15. The topological polar surface area (TPSA) is 3.24 Å². The van der Waals surface area contributed by atoms with Gasteiger partial charge in [0, 0.05) is 19.0 Å². The van der Waals surface area contributed by atoms with Crippen molar-refractivity contribution in [3.8, 4) is 0 Å². The Balaban J connectivity index is 3.72. The number of allylic oxidation sites excluding steroid dienone is 1. The fourth-order valence-corrected chi connectivity index (χ4v) is 1.35. The minimum atomic E-state index is 0.736. The molecule has 0 aromatic carbocycles. The molecule has 0 aliphatic carbocycles. The van der Waals surface area contributed by atoms with Gasteiger partial charge in [-0.15, -0.1) is 11.6 Å². The van der Waals surface area contributed by atoms with E-state index in [0.29, 0.717) is 0 Å². The molecule has 0 unspecified atom stereocenters. The van der Waals surface area contributed by atoms with Crippen molar-refractivity contribution < 1.29 is 0 Å². The van der Waals surface area contributed by atoms with Gasteiger partial charge >= 0.3 is 0 Å². The van der Waals surface area contributed by atoms with E-state index in [0.717, 1.165) is 19.0 Å². The molecule has 0 aromatic rings. The third-order valence-electron chi connectivity index (χ3n) is 1.99. The van der Waals surface area contributed by atoms with Gasteiger partial charge in [0.15, 0.2) is 0 Å². The summed E-state index contributed by atoms with van der Waals surface area (Å²) in [5, 5.41) is 0. The summed E-state index contributed by atoms with van der Waals surface area (Å²) >= 11 is 5.73. The van der Waals surface area contributed by atoms with E-state index in [9.17, 15) is 0 Å². The Morgan fingerprint density at radius 2 is 2.00 bits per heavy atom. The van der Waals surface area contributed by atoms with Gasteiger partial charge in [-0.3, -0.25) is 4.90 Å². The minimum Gasteiger partial charge on any atom is -0.298 e. The summed E-state index contributed by atoms with van der Waals surface area (Å²) in [4.78, 5) is 2.41. The zero-order valence-corrected chi connectivity index (χ0v) is 9.90. The largest absolute Gasteiger partial charge is 0.298 e. The molecule has 0 N–H and O–H groups in total. The van der Waals surface area contributed by atoms with E-state index in [4.69, 9.17) is 11.6 Å². The van der Waals surface area contributed by atoms with Crippen molar-refractivity contribution >= 4 is 11.6 Å². The summed E-state index contributed by atoms with van der Waals surface area (Å²) in [6, 6.07) is 0. The SMILES string of the molecule is CCCCN(CC=C(C)C)CCCl. The second kappa shape index (κ2) is 8.58. The molecule has 0 aliphatic heterocycles. The molecule has 0 rings (SSSR count). The van der Waals surface area contributed by atoms with Crippen LogP contribution in [0.15, 0.2) is 11.6 Å². The highest BCUT2D eigenvalue weighted by atomic mass is 35.5. The van der Waals surface area contributed by atoms with Crippen LogP contribution in [0.4, 0.5) is 0 Å². The van der Waals surface area contributed by atoms with Gasteiger partial charge in [0.1, 0.15) is 0 Å². The van der Waals surface area contributed by atoms with Gasteiger partial charge in [-0.2, -0.15) is 0 Å². The maximum atomic E-state index is 5.73. The summed E-state index contributed by atoms with van der Waals surface area (Å²) in [5.74, 6) is 0.736. The highest BCUT2D eigenvalue weighted by molar-refractivity contribution is 6.18. The van der Waals surface area contributed by atoms with Crippen molar-refractivity contribution in [2.45, 2.75) is 33.6 Å². The van der Waals surface area contributed by atoms with E-state index >= 15 is 0 Å². The smallest absolute Gasteiger partial charge is 0.0351 e. The summed E-state index contributed by atoms with van der Waals surface area (Å²) in [6.07, 6.45) is 4.79. The van der Waals surface area contributed by atoms with Crippen LogP contribution in [0.25, 0.3) is 0 Å². The van der Waals surface area contributed by atoms with Gasteiger partial charge in [-0.25, -0.2) is 0 Å².